The van der Waals surface area contributed by atoms with Gasteiger partial charge in [-0.25, -0.2) is 4.39 Å². The lowest BCUT2D eigenvalue weighted by molar-refractivity contribution is 0.0682. The minimum atomic E-state index is -0.522. The highest BCUT2D eigenvalue weighted by atomic mass is 19.1. The van der Waals surface area contributed by atoms with Crippen LogP contribution in [0.1, 0.15) is 10.4 Å². The standard InChI is InChI=1S/C14H19FN2O2/c1-16-6-7-17(2)13(9-16)14(18)11-5-4-10(19-3)8-12(11)15/h4-5,8,13H,6-7,9H2,1-3H3. The molecule has 1 aromatic rings. The largest absolute Gasteiger partial charge is 0.497 e. The van der Waals surface area contributed by atoms with Gasteiger partial charge >= 0.3 is 0 Å². The van der Waals surface area contributed by atoms with Crippen molar-refractivity contribution in [2.75, 3.05) is 40.8 Å². The van der Waals surface area contributed by atoms with E-state index in [1.54, 1.807) is 6.07 Å². The summed E-state index contributed by atoms with van der Waals surface area (Å²) in [7, 11) is 5.34. The Morgan fingerprint density at radius 2 is 2.11 bits per heavy atom. The van der Waals surface area contributed by atoms with Gasteiger partial charge in [0.1, 0.15) is 11.6 Å². The Morgan fingerprint density at radius 1 is 1.37 bits per heavy atom. The number of rotatable bonds is 3. The Hall–Kier alpha value is -1.46. The second-order valence-electron chi connectivity index (χ2n) is 4.97. The summed E-state index contributed by atoms with van der Waals surface area (Å²) in [5.41, 5.74) is 0.132. The third-order valence-corrected chi connectivity index (χ3v) is 3.60. The molecule has 5 heteroatoms. The molecule has 0 bridgehead atoms. The Morgan fingerprint density at radius 3 is 2.74 bits per heavy atom. The molecule has 1 fully saturated rings. The average molecular weight is 266 g/mol. The SMILES string of the molecule is COc1ccc(C(=O)C2CN(C)CCN2C)c(F)c1. The zero-order valence-electron chi connectivity index (χ0n) is 11.5. The fraction of sp³-hybridized carbons (Fsp3) is 0.500. The first kappa shape index (κ1) is 14.0. The molecule has 1 atom stereocenters. The van der Waals surface area contributed by atoms with Crippen LogP contribution in [0, 0.1) is 5.82 Å². The summed E-state index contributed by atoms with van der Waals surface area (Å²) in [5, 5.41) is 0. The summed E-state index contributed by atoms with van der Waals surface area (Å²) < 4.78 is 18.9. The summed E-state index contributed by atoms with van der Waals surface area (Å²) in [6.07, 6.45) is 0. The van der Waals surface area contributed by atoms with Gasteiger partial charge in [-0.15, -0.1) is 0 Å². The van der Waals surface area contributed by atoms with Crippen LogP contribution >= 0.6 is 0 Å². The number of hydrogen-bond acceptors (Lipinski definition) is 4. The molecule has 0 radical (unpaired) electrons. The summed E-state index contributed by atoms with van der Waals surface area (Å²) in [4.78, 5) is 16.5. The summed E-state index contributed by atoms with van der Waals surface area (Å²) in [6, 6.07) is 4.07. The van der Waals surface area contributed by atoms with E-state index in [0.717, 1.165) is 13.1 Å². The van der Waals surface area contributed by atoms with Crippen molar-refractivity contribution in [1.29, 1.82) is 0 Å². The molecule has 104 valence electrons. The van der Waals surface area contributed by atoms with Gasteiger partial charge in [0, 0.05) is 25.7 Å². The van der Waals surface area contributed by atoms with Crippen molar-refractivity contribution < 1.29 is 13.9 Å². The van der Waals surface area contributed by atoms with Crippen molar-refractivity contribution in [1.82, 2.24) is 9.80 Å². The number of ketones is 1. The fourth-order valence-corrected chi connectivity index (χ4v) is 2.30. The van der Waals surface area contributed by atoms with Crippen LogP contribution in [0.3, 0.4) is 0 Å². The van der Waals surface area contributed by atoms with Crippen LogP contribution in [-0.4, -0.2) is 62.5 Å². The normalized spacial score (nSPS) is 21.4. The van der Waals surface area contributed by atoms with Gasteiger partial charge in [0.2, 0.25) is 0 Å². The molecule has 4 nitrogen and oxygen atoms in total. The summed E-state index contributed by atoms with van der Waals surface area (Å²) in [6.45, 7) is 2.36. The molecule has 19 heavy (non-hydrogen) atoms. The minimum Gasteiger partial charge on any atom is -0.497 e. The number of carbonyl (C=O) groups is 1. The van der Waals surface area contributed by atoms with Gasteiger partial charge in [0.05, 0.1) is 18.7 Å². The van der Waals surface area contributed by atoms with Crippen LogP contribution in [0.2, 0.25) is 0 Å². The van der Waals surface area contributed by atoms with Gasteiger partial charge < -0.3 is 9.64 Å². The molecule has 0 amide bonds. The zero-order valence-corrected chi connectivity index (χ0v) is 11.5. The molecular formula is C14H19FN2O2. The number of ether oxygens (including phenoxy) is 1. The maximum absolute atomic E-state index is 13.9. The lowest BCUT2D eigenvalue weighted by Crippen LogP contribution is -2.53. The molecule has 0 spiro atoms. The average Bonchev–Trinajstić information content (AvgIpc) is 2.40. The van der Waals surface area contributed by atoms with Crippen molar-refractivity contribution in [3.8, 4) is 5.75 Å². The number of halogens is 1. The van der Waals surface area contributed by atoms with Gasteiger partial charge in [0.15, 0.2) is 5.78 Å². The van der Waals surface area contributed by atoms with Crippen LogP contribution < -0.4 is 4.74 Å². The summed E-state index contributed by atoms with van der Waals surface area (Å²) in [5.74, 6) is -0.275. The van der Waals surface area contributed by atoms with Gasteiger partial charge in [0.25, 0.3) is 0 Å². The lowest BCUT2D eigenvalue weighted by atomic mass is 10.0. The topological polar surface area (TPSA) is 32.8 Å². The van der Waals surface area contributed by atoms with E-state index in [2.05, 4.69) is 4.90 Å². The van der Waals surface area contributed by atoms with Crippen molar-refractivity contribution in [2.45, 2.75) is 6.04 Å². The van der Waals surface area contributed by atoms with Crippen LogP contribution in [-0.2, 0) is 0 Å². The smallest absolute Gasteiger partial charge is 0.184 e. The molecule has 1 unspecified atom stereocenters. The highest BCUT2D eigenvalue weighted by Gasteiger charge is 2.30. The van der Waals surface area contributed by atoms with E-state index in [9.17, 15) is 9.18 Å². The highest BCUT2D eigenvalue weighted by molar-refractivity contribution is 6.00. The molecule has 0 aromatic heterocycles. The second-order valence-corrected chi connectivity index (χ2v) is 4.97. The fourth-order valence-electron chi connectivity index (χ4n) is 2.30. The molecule has 0 saturated carbocycles. The van der Waals surface area contributed by atoms with E-state index >= 15 is 0 Å². The number of benzene rings is 1. The molecule has 1 aliphatic heterocycles. The molecule has 1 aromatic carbocycles. The van der Waals surface area contributed by atoms with Gasteiger partial charge in [-0.05, 0) is 26.2 Å². The monoisotopic (exact) mass is 266 g/mol. The molecule has 0 aliphatic carbocycles. The third kappa shape index (κ3) is 2.93. The molecule has 1 saturated heterocycles. The first-order chi connectivity index (χ1) is 9.02. The maximum Gasteiger partial charge on any atom is 0.184 e. The molecular weight excluding hydrogens is 247 g/mol. The van der Waals surface area contributed by atoms with Crippen LogP contribution in [0.25, 0.3) is 0 Å². The number of Topliss-reactive ketones (excluding diaryl/α,β-unsaturated/α-hetero) is 1. The second kappa shape index (κ2) is 5.67. The predicted octanol–water partition coefficient (Wildman–Crippen LogP) is 1.26. The van der Waals surface area contributed by atoms with E-state index in [1.807, 2.05) is 19.0 Å². The zero-order chi connectivity index (χ0) is 14.0. The van der Waals surface area contributed by atoms with Crippen molar-refractivity contribution in [3.05, 3.63) is 29.6 Å². The van der Waals surface area contributed by atoms with E-state index < -0.39 is 5.82 Å². The van der Waals surface area contributed by atoms with E-state index in [1.165, 1.54) is 19.2 Å². The predicted molar refractivity (Wildman–Crippen MR) is 71.2 cm³/mol. The Kier molecular flexibility index (Phi) is 4.17. The first-order valence-electron chi connectivity index (χ1n) is 6.29. The van der Waals surface area contributed by atoms with E-state index in [-0.39, 0.29) is 17.4 Å². The number of hydrogen-bond donors (Lipinski definition) is 0. The number of piperazine rings is 1. The summed E-state index contributed by atoms with van der Waals surface area (Å²) >= 11 is 0. The molecule has 0 N–H and O–H groups in total. The molecule has 1 aliphatic rings. The first-order valence-corrected chi connectivity index (χ1v) is 6.29. The number of nitrogens with zero attached hydrogens (tertiary/aromatic N) is 2. The van der Waals surface area contributed by atoms with Crippen molar-refractivity contribution >= 4 is 5.78 Å². The number of carbonyl (C=O) groups excluding carboxylic acids is 1. The van der Waals surface area contributed by atoms with Crippen molar-refractivity contribution in [3.63, 3.8) is 0 Å². The van der Waals surface area contributed by atoms with Gasteiger partial charge in [-0.1, -0.05) is 0 Å². The molecule has 2 rings (SSSR count). The Bertz CT molecular complexity index is 479. The maximum atomic E-state index is 13.9. The highest BCUT2D eigenvalue weighted by Crippen LogP contribution is 2.20. The van der Waals surface area contributed by atoms with Crippen molar-refractivity contribution in [2.24, 2.45) is 0 Å². The quantitative estimate of drug-likeness (QED) is 0.771. The Labute approximate surface area is 112 Å². The van der Waals surface area contributed by atoms with Crippen LogP contribution in [0.15, 0.2) is 18.2 Å². The number of methoxy groups -OCH3 is 1. The lowest BCUT2D eigenvalue weighted by Gasteiger charge is -2.36. The third-order valence-electron chi connectivity index (χ3n) is 3.60. The number of likely N-dealkylation sites (N-methyl/N-ethyl adjacent to an activating group) is 2. The molecule has 1 heterocycles. The van der Waals surface area contributed by atoms with E-state index in [0.29, 0.717) is 12.3 Å². The van der Waals surface area contributed by atoms with Crippen LogP contribution in [0.5, 0.6) is 5.75 Å². The minimum absolute atomic E-state index is 0.132. The van der Waals surface area contributed by atoms with Crippen LogP contribution in [0.4, 0.5) is 4.39 Å². The van der Waals surface area contributed by atoms with E-state index in [4.69, 9.17) is 4.74 Å². The van der Waals surface area contributed by atoms with Gasteiger partial charge in [-0.3, -0.25) is 9.69 Å². The Balaban J connectivity index is 2.23. The van der Waals surface area contributed by atoms with Gasteiger partial charge in [-0.2, -0.15) is 0 Å².